The first kappa shape index (κ1) is 21.6. The molecule has 1 aliphatic heterocycles. The van der Waals surface area contributed by atoms with Crippen molar-refractivity contribution in [3.8, 4) is 0 Å². The van der Waals surface area contributed by atoms with Crippen molar-refractivity contribution in [1.82, 2.24) is 19.6 Å². The molecule has 9 nitrogen and oxygen atoms in total. The van der Waals surface area contributed by atoms with E-state index >= 15 is 0 Å². The van der Waals surface area contributed by atoms with E-state index in [1.807, 2.05) is 23.2 Å². The van der Waals surface area contributed by atoms with Crippen LogP contribution in [0.3, 0.4) is 0 Å². The smallest absolute Gasteiger partial charge is 0.262 e. The number of hydrogen-bond acceptors (Lipinski definition) is 7. The summed E-state index contributed by atoms with van der Waals surface area (Å²) >= 11 is 0. The molecule has 1 saturated carbocycles. The fourth-order valence-corrected chi connectivity index (χ4v) is 3.94. The van der Waals surface area contributed by atoms with Gasteiger partial charge in [0.15, 0.2) is 11.3 Å². The predicted molar refractivity (Wildman–Crippen MR) is 123 cm³/mol. The number of aliphatic hydroxyl groups excluding tert-OH is 1. The van der Waals surface area contributed by atoms with E-state index in [9.17, 15) is 14.3 Å². The predicted octanol–water partition coefficient (Wildman–Crippen LogP) is 2.87. The van der Waals surface area contributed by atoms with Gasteiger partial charge in [-0.2, -0.15) is 19.6 Å². The first-order chi connectivity index (χ1) is 15.8. The molecule has 3 N–H and O–H groups in total. The Morgan fingerprint density at radius 3 is 2.67 bits per heavy atom. The van der Waals surface area contributed by atoms with Crippen LogP contribution in [0, 0.1) is 0 Å². The first-order valence-corrected chi connectivity index (χ1v) is 11.3. The van der Waals surface area contributed by atoms with Crippen LogP contribution in [-0.4, -0.2) is 55.5 Å². The number of amides is 1. The van der Waals surface area contributed by atoms with E-state index < -0.39 is 11.6 Å². The van der Waals surface area contributed by atoms with E-state index in [2.05, 4.69) is 29.6 Å². The van der Waals surface area contributed by atoms with Crippen molar-refractivity contribution in [1.29, 1.82) is 0 Å². The van der Waals surface area contributed by atoms with Gasteiger partial charge in [-0.05, 0) is 42.9 Å². The maximum Gasteiger partial charge on any atom is 0.262 e. The van der Waals surface area contributed by atoms with Gasteiger partial charge in [-0.1, -0.05) is 26.0 Å². The van der Waals surface area contributed by atoms with Crippen LogP contribution in [0.5, 0.6) is 0 Å². The molecule has 1 atom stereocenters. The summed E-state index contributed by atoms with van der Waals surface area (Å²) < 4.78 is 15.6. The van der Waals surface area contributed by atoms with Crippen molar-refractivity contribution >= 4 is 29.1 Å². The molecule has 3 aromatic rings. The van der Waals surface area contributed by atoms with E-state index in [-0.39, 0.29) is 12.0 Å². The summed E-state index contributed by atoms with van der Waals surface area (Å²) in [5.41, 5.74) is 1.62. The maximum atomic E-state index is 13.9. The number of hydrogen-bond donors (Lipinski definition) is 3. The van der Waals surface area contributed by atoms with Crippen molar-refractivity contribution in [2.24, 2.45) is 0 Å². The molecule has 1 aliphatic carbocycles. The molecule has 0 spiro atoms. The molecular weight excluding hydrogens is 425 g/mol. The molecule has 2 fully saturated rings. The van der Waals surface area contributed by atoms with Crippen LogP contribution in [0.1, 0.15) is 50.2 Å². The molecule has 5 rings (SSSR count). The number of rotatable bonds is 7. The molecule has 0 radical (unpaired) electrons. The lowest BCUT2D eigenvalue weighted by Gasteiger charge is -2.18. The molecular formula is C23H28FN7O2. The van der Waals surface area contributed by atoms with E-state index in [1.54, 1.807) is 16.6 Å². The molecule has 174 valence electrons. The van der Waals surface area contributed by atoms with Gasteiger partial charge in [0, 0.05) is 30.9 Å². The summed E-state index contributed by atoms with van der Waals surface area (Å²) in [4.78, 5) is 23.3. The minimum Gasteiger partial charge on any atom is -0.391 e. The Hall–Kier alpha value is -3.27. The standard InChI is InChI=1S/C23H28FN7O2/c1-14(2)18-12-26-31-19(18)28-22(30-10-7-17(32)13-30)29-21(31)25-11-15-3-5-16(6-4-15)27-20(33)23(24)8-9-23/h3-6,12,14,17,32H,7-11,13H2,1-2H3,(H,27,33)(H,25,28,29)/t17-/m0/s1. The molecule has 0 bridgehead atoms. The second kappa shape index (κ2) is 8.26. The van der Waals surface area contributed by atoms with Gasteiger partial charge in [-0.15, -0.1) is 0 Å². The van der Waals surface area contributed by atoms with Gasteiger partial charge >= 0.3 is 0 Å². The maximum absolute atomic E-state index is 13.9. The zero-order valence-electron chi connectivity index (χ0n) is 18.8. The fraction of sp³-hybridized carbons (Fsp3) is 0.478. The second-order valence-electron chi connectivity index (χ2n) is 9.20. The van der Waals surface area contributed by atoms with E-state index in [0.717, 1.165) is 16.8 Å². The topological polar surface area (TPSA) is 108 Å². The molecule has 1 aromatic carbocycles. The SMILES string of the molecule is CC(C)c1cnn2c(NCc3ccc(NC(=O)C4(F)CC4)cc3)nc(N3CC[C@H](O)C3)nc12. The molecule has 2 aromatic heterocycles. The number of anilines is 3. The highest BCUT2D eigenvalue weighted by molar-refractivity contribution is 5.99. The van der Waals surface area contributed by atoms with E-state index in [4.69, 9.17) is 9.97 Å². The Kier molecular flexibility index (Phi) is 5.40. The van der Waals surface area contributed by atoms with Crippen LogP contribution >= 0.6 is 0 Å². The number of fused-ring (bicyclic) bond motifs is 1. The van der Waals surface area contributed by atoms with Crippen molar-refractivity contribution in [3.05, 3.63) is 41.6 Å². The number of alkyl halides is 1. The van der Waals surface area contributed by atoms with Gasteiger partial charge in [-0.25, -0.2) is 4.39 Å². The summed E-state index contributed by atoms with van der Waals surface area (Å²) in [5, 5.41) is 20.4. The van der Waals surface area contributed by atoms with Crippen LogP contribution < -0.4 is 15.5 Å². The number of aliphatic hydroxyl groups is 1. The highest BCUT2D eigenvalue weighted by Gasteiger charge is 2.50. The number of nitrogens with zero attached hydrogens (tertiary/aromatic N) is 5. The molecule has 10 heteroatoms. The molecule has 1 amide bonds. The summed E-state index contributed by atoms with van der Waals surface area (Å²) in [6, 6.07) is 7.27. The van der Waals surface area contributed by atoms with Gasteiger partial charge in [0.1, 0.15) is 0 Å². The fourth-order valence-electron chi connectivity index (χ4n) is 3.94. The Morgan fingerprint density at radius 2 is 2.03 bits per heavy atom. The third-order valence-electron chi connectivity index (χ3n) is 6.21. The van der Waals surface area contributed by atoms with Gasteiger partial charge in [0.05, 0.1) is 12.3 Å². The summed E-state index contributed by atoms with van der Waals surface area (Å²) in [6.45, 7) is 5.88. The molecule has 0 unspecified atom stereocenters. The van der Waals surface area contributed by atoms with Crippen molar-refractivity contribution in [3.63, 3.8) is 0 Å². The monoisotopic (exact) mass is 453 g/mol. The number of β-amino-alcohol motifs (C(OH)–C–C–N with tert-alkyl or cyclic N) is 1. The molecule has 3 heterocycles. The Bertz CT molecular complexity index is 1170. The van der Waals surface area contributed by atoms with Crippen molar-refractivity contribution < 1.29 is 14.3 Å². The Labute approximate surface area is 191 Å². The minimum atomic E-state index is -1.69. The number of aromatic nitrogens is 4. The van der Waals surface area contributed by atoms with Gasteiger partial charge in [0.2, 0.25) is 11.9 Å². The molecule has 33 heavy (non-hydrogen) atoms. The van der Waals surface area contributed by atoms with E-state index in [0.29, 0.717) is 56.5 Å². The largest absolute Gasteiger partial charge is 0.391 e. The number of benzene rings is 1. The minimum absolute atomic E-state index is 0.254. The Morgan fingerprint density at radius 1 is 1.27 bits per heavy atom. The summed E-state index contributed by atoms with van der Waals surface area (Å²) in [7, 11) is 0. The second-order valence-corrected chi connectivity index (χ2v) is 9.20. The van der Waals surface area contributed by atoms with Crippen molar-refractivity contribution in [2.45, 2.75) is 57.3 Å². The molecule has 2 aliphatic rings. The normalized spacial score (nSPS) is 19.3. The third kappa shape index (κ3) is 4.35. The first-order valence-electron chi connectivity index (χ1n) is 11.3. The average molecular weight is 454 g/mol. The molecule has 1 saturated heterocycles. The number of nitrogens with one attached hydrogen (secondary N) is 2. The van der Waals surface area contributed by atoms with Gasteiger partial charge < -0.3 is 20.6 Å². The lowest BCUT2D eigenvalue weighted by atomic mass is 10.1. The highest BCUT2D eigenvalue weighted by atomic mass is 19.1. The van der Waals surface area contributed by atoms with Crippen LogP contribution in [-0.2, 0) is 11.3 Å². The van der Waals surface area contributed by atoms with Crippen LogP contribution in [0.2, 0.25) is 0 Å². The number of carbonyl (C=O) groups is 1. The zero-order chi connectivity index (χ0) is 23.2. The van der Waals surface area contributed by atoms with Crippen LogP contribution in [0.25, 0.3) is 5.65 Å². The van der Waals surface area contributed by atoms with Gasteiger partial charge in [-0.3, -0.25) is 4.79 Å². The number of carbonyl (C=O) groups excluding carboxylic acids is 1. The number of halogens is 1. The average Bonchev–Trinajstić information content (AvgIpc) is 3.19. The Balaban J connectivity index is 1.35. The zero-order valence-corrected chi connectivity index (χ0v) is 18.8. The van der Waals surface area contributed by atoms with E-state index in [1.165, 1.54) is 0 Å². The van der Waals surface area contributed by atoms with Crippen LogP contribution in [0.15, 0.2) is 30.5 Å². The summed E-state index contributed by atoms with van der Waals surface area (Å²) in [5.74, 6) is 0.816. The lowest BCUT2D eigenvalue weighted by molar-refractivity contribution is -0.122. The summed E-state index contributed by atoms with van der Waals surface area (Å²) in [6.07, 6.45) is 2.72. The van der Waals surface area contributed by atoms with Gasteiger partial charge in [0.25, 0.3) is 5.91 Å². The van der Waals surface area contributed by atoms with Crippen LogP contribution in [0.4, 0.5) is 22.0 Å². The lowest BCUT2D eigenvalue weighted by Crippen LogP contribution is -2.25. The quantitative estimate of drug-likeness (QED) is 0.505. The van der Waals surface area contributed by atoms with Crippen molar-refractivity contribution in [2.75, 3.05) is 28.6 Å². The highest BCUT2D eigenvalue weighted by Crippen LogP contribution is 2.40. The third-order valence-corrected chi connectivity index (χ3v) is 6.21.